The Morgan fingerprint density at radius 2 is 2.07 bits per heavy atom. The van der Waals surface area contributed by atoms with Gasteiger partial charge in [0, 0.05) is 6.08 Å². The molecule has 2 aliphatic carbocycles. The van der Waals surface area contributed by atoms with Gasteiger partial charge in [-0.25, -0.2) is 4.79 Å². The molecule has 5 nitrogen and oxygen atoms in total. The molecule has 5 heteroatoms. The molecule has 0 spiro atoms. The van der Waals surface area contributed by atoms with Gasteiger partial charge in [-0.3, -0.25) is 4.99 Å². The van der Waals surface area contributed by atoms with Gasteiger partial charge in [0.2, 0.25) is 0 Å². The number of aliphatic hydroxyl groups excluding tert-OH is 2. The van der Waals surface area contributed by atoms with Crippen LogP contribution in [0.3, 0.4) is 0 Å². The molecule has 2 aliphatic rings. The van der Waals surface area contributed by atoms with E-state index in [9.17, 15) is 4.79 Å². The Morgan fingerprint density at radius 1 is 1.39 bits per heavy atom. The molecular weight excluding hydrogens is 354 g/mol. The number of nitrogens with zero attached hydrogens (tertiary/aromatic N) is 1. The first-order valence-electron chi connectivity index (χ1n) is 10.5. The highest BCUT2D eigenvalue weighted by Crippen LogP contribution is 2.61. The number of fused-ring (bicyclic) bond motifs is 1. The number of carbonyl (C=O) groups is 1. The SMILES string of the molecule is C=N[C@]12CCC(=C)[C@@H](CC/C(C)=C/C(=O)OC(CO)CO)[C@@]1(C)CCC[C@@H]2C. The highest BCUT2D eigenvalue weighted by Gasteiger charge is 2.58. The van der Waals surface area contributed by atoms with Crippen molar-refractivity contribution in [2.75, 3.05) is 13.2 Å². The lowest BCUT2D eigenvalue weighted by Gasteiger charge is -2.60. The van der Waals surface area contributed by atoms with Crippen molar-refractivity contribution >= 4 is 12.7 Å². The molecule has 0 unspecified atom stereocenters. The van der Waals surface area contributed by atoms with Crippen LogP contribution in [0.4, 0.5) is 0 Å². The largest absolute Gasteiger partial charge is 0.454 e. The van der Waals surface area contributed by atoms with Crippen LogP contribution >= 0.6 is 0 Å². The van der Waals surface area contributed by atoms with Crippen LogP contribution in [0.2, 0.25) is 0 Å². The third-order valence-electron chi connectivity index (χ3n) is 7.39. The molecule has 2 saturated carbocycles. The van der Waals surface area contributed by atoms with Crippen molar-refractivity contribution in [3.05, 3.63) is 23.8 Å². The van der Waals surface area contributed by atoms with Gasteiger partial charge >= 0.3 is 5.97 Å². The van der Waals surface area contributed by atoms with E-state index >= 15 is 0 Å². The molecule has 4 atom stereocenters. The molecule has 28 heavy (non-hydrogen) atoms. The first-order chi connectivity index (χ1) is 13.2. The minimum Gasteiger partial charge on any atom is -0.454 e. The second-order valence-corrected chi connectivity index (χ2v) is 8.96. The average Bonchev–Trinajstić information content (AvgIpc) is 2.65. The summed E-state index contributed by atoms with van der Waals surface area (Å²) in [6.45, 7) is 14.2. The van der Waals surface area contributed by atoms with Crippen LogP contribution in [-0.4, -0.2) is 47.8 Å². The van der Waals surface area contributed by atoms with Crippen LogP contribution < -0.4 is 0 Å². The van der Waals surface area contributed by atoms with Crippen molar-refractivity contribution in [3.8, 4) is 0 Å². The van der Waals surface area contributed by atoms with E-state index in [1.165, 1.54) is 24.5 Å². The topological polar surface area (TPSA) is 79.1 Å². The zero-order valence-electron chi connectivity index (χ0n) is 17.7. The van der Waals surface area contributed by atoms with Crippen LogP contribution in [0.15, 0.2) is 28.8 Å². The van der Waals surface area contributed by atoms with E-state index in [4.69, 9.17) is 19.9 Å². The highest BCUT2D eigenvalue weighted by molar-refractivity contribution is 5.82. The molecule has 0 aromatic carbocycles. The maximum atomic E-state index is 12.0. The number of aliphatic hydroxyl groups is 2. The van der Waals surface area contributed by atoms with Gasteiger partial charge in [0.15, 0.2) is 0 Å². The number of hydrogen-bond acceptors (Lipinski definition) is 5. The third kappa shape index (κ3) is 4.25. The lowest BCUT2D eigenvalue weighted by molar-refractivity contribution is -0.147. The zero-order valence-corrected chi connectivity index (χ0v) is 17.7. The summed E-state index contributed by atoms with van der Waals surface area (Å²) in [4.78, 5) is 16.7. The Bertz CT molecular complexity index is 624. The second kappa shape index (κ2) is 9.36. The fraction of sp³-hybridized carbons (Fsp3) is 0.739. The van der Waals surface area contributed by atoms with Gasteiger partial charge in [0.05, 0.1) is 18.8 Å². The van der Waals surface area contributed by atoms with Gasteiger partial charge in [0.25, 0.3) is 0 Å². The number of hydrogen-bond donors (Lipinski definition) is 2. The fourth-order valence-corrected chi connectivity index (χ4v) is 5.69. The van der Waals surface area contributed by atoms with Crippen LogP contribution in [0.1, 0.15) is 65.7 Å². The molecule has 2 rings (SSSR count). The minimum absolute atomic E-state index is 0.0570. The molecule has 0 aliphatic heterocycles. The van der Waals surface area contributed by atoms with Gasteiger partial charge in [-0.1, -0.05) is 38.0 Å². The Hall–Kier alpha value is -1.46. The molecule has 0 radical (unpaired) electrons. The Kier molecular flexibility index (Phi) is 7.63. The third-order valence-corrected chi connectivity index (χ3v) is 7.39. The summed E-state index contributed by atoms with van der Waals surface area (Å²) in [5, 5.41) is 18.1. The molecule has 2 fully saturated rings. The predicted molar refractivity (Wildman–Crippen MR) is 112 cm³/mol. The van der Waals surface area contributed by atoms with Crippen molar-refractivity contribution in [3.63, 3.8) is 0 Å². The van der Waals surface area contributed by atoms with Crippen molar-refractivity contribution in [1.82, 2.24) is 0 Å². The molecule has 0 aromatic heterocycles. The summed E-state index contributed by atoms with van der Waals surface area (Å²) in [5.74, 6) is 0.365. The average molecular weight is 392 g/mol. The maximum absolute atomic E-state index is 12.0. The van der Waals surface area contributed by atoms with E-state index in [2.05, 4.69) is 27.1 Å². The number of esters is 1. The maximum Gasteiger partial charge on any atom is 0.331 e. The normalized spacial score (nSPS) is 33.5. The molecule has 0 aromatic rings. The molecule has 158 valence electrons. The quantitative estimate of drug-likeness (QED) is 0.285. The molecule has 0 amide bonds. The number of carbonyl (C=O) groups excluding carboxylic acids is 1. The Morgan fingerprint density at radius 3 is 2.68 bits per heavy atom. The Balaban J connectivity index is 2.11. The minimum atomic E-state index is -0.864. The number of ether oxygens (including phenoxy) is 1. The molecule has 0 bridgehead atoms. The Labute approximate surface area is 169 Å². The van der Waals surface area contributed by atoms with Gasteiger partial charge < -0.3 is 14.9 Å². The summed E-state index contributed by atoms with van der Waals surface area (Å²) in [5.41, 5.74) is 2.21. The van der Waals surface area contributed by atoms with Gasteiger partial charge in [-0.15, -0.1) is 0 Å². The van der Waals surface area contributed by atoms with Crippen LogP contribution in [0.25, 0.3) is 0 Å². The van der Waals surface area contributed by atoms with E-state index < -0.39 is 12.1 Å². The molecular formula is C23H37NO4. The lowest BCUT2D eigenvalue weighted by Crippen LogP contribution is -2.58. The van der Waals surface area contributed by atoms with E-state index in [-0.39, 0.29) is 24.2 Å². The van der Waals surface area contributed by atoms with Crippen LogP contribution in [0, 0.1) is 17.3 Å². The van der Waals surface area contributed by atoms with E-state index in [1.807, 2.05) is 6.92 Å². The fourth-order valence-electron chi connectivity index (χ4n) is 5.69. The highest BCUT2D eigenvalue weighted by atomic mass is 16.6. The van der Waals surface area contributed by atoms with E-state index in [1.54, 1.807) is 0 Å². The van der Waals surface area contributed by atoms with E-state index in [0.29, 0.717) is 11.8 Å². The first kappa shape index (κ1) is 22.8. The van der Waals surface area contributed by atoms with Crippen LogP contribution in [-0.2, 0) is 9.53 Å². The van der Waals surface area contributed by atoms with Gasteiger partial charge in [-0.05, 0) is 69.4 Å². The number of rotatable bonds is 8. The summed E-state index contributed by atoms with van der Waals surface area (Å²) in [6.07, 6.45) is 7.89. The van der Waals surface area contributed by atoms with E-state index in [0.717, 1.165) is 37.7 Å². The van der Waals surface area contributed by atoms with Crippen molar-refractivity contribution < 1.29 is 19.7 Å². The predicted octanol–water partition coefficient (Wildman–Crippen LogP) is 3.84. The summed E-state index contributed by atoms with van der Waals surface area (Å²) < 4.78 is 5.03. The standard InChI is InChI=1S/C23H37NO4/c1-16(13-21(27)28-19(14-25)15-26)8-9-20-17(2)10-12-23(24-5)18(3)7-6-11-22(20,23)4/h13,18-20,25-26H,2,5-12,14-15H2,1,3-4H3/b16-13+/t18-,20+,22+,23-/m0/s1. The molecule has 2 N–H and O–H groups in total. The molecule has 0 heterocycles. The number of aliphatic imine (C=N–C) groups is 1. The summed E-state index contributed by atoms with van der Waals surface area (Å²) in [6, 6.07) is 0. The van der Waals surface area contributed by atoms with Crippen molar-refractivity contribution in [2.45, 2.75) is 77.4 Å². The van der Waals surface area contributed by atoms with Crippen molar-refractivity contribution in [2.24, 2.45) is 22.2 Å². The van der Waals surface area contributed by atoms with Gasteiger partial charge in [0.1, 0.15) is 6.10 Å². The van der Waals surface area contributed by atoms with Gasteiger partial charge in [-0.2, -0.15) is 0 Å². The number of allylic oxidation sites excluding steroid dienone is 2. The molecule has 0 saturated heterocycles. The second-order valence-electron chi connectivity index (χ2n) is 8.96. The lowest BCUT2D eigenvalue weighted by atomic mass is 9.47. The zero-order chi connectivity index (χ0) is 20.9. The summed E-state index contributed by atoms with van der Waals surface area (Å²) in [7, 11) is 0. The first-order valence-corrected chi connectivity index (χ1v) is 10.5. The van der Waals surface area contributed by atoms with Crippen LogP contribution in [0.5, 0.6) is 0 Å². The smallest absolute Gasteiger partial charge is 0.331 e. The monoisotopic (exact) mass is 391 g/mol. The van der Waals surface area contributed by atoms with Crippen molar-refractivity contribution in [1.29, 1.82) is 0 Å². The summed E-state index contributed by atoms with van der Waals surface area (Å²) >= 11 is 0.